The van der Waals surface area contributed by atoms with Crippen LogP contribution in [0, 0.1) is 17.9 Å². The Bertz CT molecular complexity index is 2480. The van der Waals surface area contributed by atoms with Crippen LogP contribution in [0.3, 0.4) is 0 Å². The Morgan fingerprint density at radius 1 is 0.902 bits per heavy atom. The number of rotatable bonds is 8. The van der Waals surface area contributed by atoms with Gasteiger partial charge in [-0.05, 0) is 81.3 Å². The molecule has 1 aliphatic heterocycles. The molecule has 5 aromatic carbocycles. The number of benzene rings is 5. The Morgan fingerprint density at radius 2 is 1.69 bits per heavy atom. The van der Waals surface area contributed by atoms with Crippen LogP contribution in [0.1, 0.15) is 31.7 Å². The second-order valence-corrected chi connectivity index (χ2v) is 15.9. The van der Waals surface area contributed by atoms with Gasteiger partial charge in [-0.3, -0.25) is 4.90 Å². The normalized spacial score (nSPS) is 17.1. The summed E-state index contributed by atoms with van der Waals surface area (Å²) in [5, 5.41) is 7.11. The highest BCUT2D eigenvalue weighted by molar-refractivity contribution is 8.04. The van der Waals surface area contributed by atoms with Crippen molar-refractivity contribution in [3.63, 3.8) is 0 Å². The number of aromatic nitrogens is 1. The quantitative estimate of drug-likeness (QED) is 0.116. The van der Waals surface area contributed by atoms with Crippen molar-refractivity contribution in [1.29, 1.82) is 0 Å². The van der Waals surface area contributed by atoms with Gasteiger partial charge >= 0.3 is 0 Å². The van der Waals surface area contributed by atoms with Gasteiger partial charge in [-0.25, -0.2) is 0 Å². The predicted octanol–water partition coefficient (Wildman–Crippen LogP) is 11.3. The third-order valence-corrected chi connectivity index (χ3v) is 11.7. The number of nitrogens with zero attached hydrogens (tertiary/aromatic N) is 2. The van der Waals surface area contributed by atoms with E-state index < -0.39 is 0 Å². The molecule has 0 unspecified atom stereocenters. The number of hydrogen-bond acceptors (Lipinski definition) is 5. The number of terminal acetylenes is 1. The first kappa shape index (κ1) is 33.0. The summed E-state index contributed by atoms with van der Waals surface area (Å²) < 4.78 is 15.4. The molecule has 0 radical (unpaired) electrons. The molecule has 0 atom stereocenters. The molecule has 1 aromatic heterocycles. The van der Waals surface area contributed by atoms with Crippen LogP contribution in [0.2, 0.25) is 0 Å². The second-order valence-electron chi connectivity index (χ2n) is 13.8. The lowest BCUT2D eigenvalue weighted by Gasteiger charge is -2.30. The van der Waals surface area contributed by atoms with Crippen LogP contribution < -0.4 is 18.9 Å². The fraction of sp³-hybridized carbons (Fsp3) is 0.178. The molecule has 0 bridgehead atoms. The van der Waals surface area contributed by atoms with Crippen molar-refractivity contribution in [2.24, 2.45) is 5.41 Å². The number of allylic oxidation sites excluding steroid dienone is 6. The monoisotopic (exact) mass is 703 g/mol. The summed E-state index contributed by atoms with van der Waals surface area (Å²) in [6, 6.07) is 36.7. The summed E-state index contributed by atoms with van der Waals surface area (Å²) in [6.45, 7) is 5.98. The van der Waals surface area contributed by atoms with Crippen molar-refractivity contribution in [1.82, 2.24) is 0 Å². The van der Waals surface area contributed by atoms with Crippen LogP contribution in [0.25, 0.3) is 37.8 Å². The van der Waals surface area contributed by atoms with Crippen molar-refractivity contribution in [3.8, 4) is 24.0 Å². The lowest BCUT2D eigenvalue weighted by molar-refractivity contribution is -0.669. The van der Waals surface area contributed by atoms with E-state index in [4.69, 9.17) is 15.9 Å². The number of thioether (sulfide) groups is 1. The highest BCUT2D eigenvalue weighted by atomic mass is 32.2. The van der Waals surface area contributed by atoms with E-state index in [1.54, 1.807) is 30.2 Å². The van der Waals surface area contributed by atoms with Crippen LogP contribution >= 0.6 is 23.1 Å². The molecule has 0 fully saturated rings. The van der Waals surface area contributed by atoms with E-state index in [-0.39, 0.29) is 5.41 Å². The van der Waals surface area contributed by atoms with Gasteiger partial charge in [0.1, 0.15) is 22.8 Å². The van der Waals surface area contributed by atoms with Gasteiger partial charge in [0, 0.05) is 29.1 Å². The summed E-state index contributed by atoms with van der Waals surface area (Å²) in [7, 11) is 1.72. The first-order valence-electron chi connectivity index (χ1n) is 17.2. The van der Waals surface area contributed by atoms with Gasteiger partial charge in [-0.2, -0.15) is 4.57 Å². The summed E-state index contributed by atoms with van der Waals surface area (Å²) in [4.78, 5) is 3.22. The maximum Gasteiger partial charge on any atom is 0.262 e. The average molecular weight is 704 g/mol. The van der Waals surface area contributed by atoms with Crippen molar-refractivity contribution in [2.45, 2.75) is 38.1 Å². The minimum atomic E-state index is 0.124. The molecule has 2 aliphatic rings. The number of fused-ring (bicyclic) bond motifs is 5. The molecule has 8 rings (SSSR count). The van der Waals surface area contributed by atoms with Crippen molar-refractivity contribution < 1.29 is 14.0 Å². The number of ether oxygens (including phenoxy) is 2. The van der Waals surface area contributed by atoms with Gasteiger partial charge in [0.05, 0.1) is 17.8 Å². The Kier molecular flexibility index (Phi) is 8.94. The zero-order chi connectivity index (χ0) is 35.0. The molecule has 6 aromatic rings. The smallest absolute Gasteiger partial charge is 0.262 e. The Balaban J connectivity index is 1.06. The van der Waals surface area contributed by atoms with Gasteiger partial charge in [-0.1, -0.05) is 122 Å². The van der Waals surface area contributed by atoms with Crippen LogP contribution in [0.4, 0.5) is 5.69 Å². The topological polar surface area (TPSA) is 25.6 Å². The fourth-order valence-corrected chi connectivity index (χ4v) is 9.56. The number of thiazole rings is 1. The molecule has 252 valence electrons. The van der Waals surface area contributed by atoms with Crippen LogP contribution in [-0.2, 0) is 6.54 Å². The molecule has 0 spiro atoms. The van der Waals surface area contributed by atoms with Crippen LogP contribution in [0.15, 0.2) is 142 Å². The standard InChI is InChI=1S/C45H39N2O2S2/c1-5-46-40-21-18-34-13-8-9-15-38(34)44(40)51-43(46)26-32-25-31(29-45(2,3)30-32)11-10-16-42-47(39-22-20-36(48-4)28-41(39)50-42)23-24-49-37-19-17-33-12-6-7-14-35(33)27-37/h1,6-22,25-28H,23-24,29-30H2,2-4H3/q+1. The largest absolute Gasteiger partial charge is 0.497 e. The summed E-state index contributed by atoms with van der Waals surface area (Å²) in [6.07, 6.45) is 19.4. The summed E-state index contributed by atoms with van der Waals surface area (Å²) in [5.74, 6) is 1.74. The van der Waals surface area contributed by atoms with E-state index in [2.05, 4.69) is 146 Å². The summed E-state index contributed by atoms with van der Waals surface area (Å²) >= 11 is 3.54. The molecule has 1 aliphatic carbocycles. The Morgan fingerprint density at radius 3 is 2.53 bits per heavy atom. The van der Waals surface area contributed by atoms with Gasteiger partial charge in [0.15, 0.2) is 6.54 Å². The lowest BCUT2D eigenvalue weighted by Crippen LogP contribution is -2.38. The van der Waals surface area contributed by atoms with E-state index >= 15 is 0 Å². The van der Waals surface area contributed by atoms with Gasteiger partial charge in [0.2, 0.25) is 5.52 Å². The molecule has 2 heterocycles. The van der Waals surface area contributed by atoms with Crippen LogP contribution in [-0.4, -0.2) is 13.7 Å². The third-order valence-electron chi connectivity index (χ3n) is 9.49. The Hall–Kier alpha value is -5.22. The van der Waals surface area contributed by atoms with Gasteiger partial charge in [0.25, 0.3) is 5.01 Å². The molecule has 0 saturated heterocycles. The first-order valence-corrected chi connectivity index (χ1v) is 18.9. The summed E-state index contributed by atoms with van der Waals surface area (Å²) in [5.41, 5.74) is 4.98. The molecule has 4 nitrogen and oxygen atoms in total. The van der Waals surface area contributed by atoms with E-state index in [9.17, 15) is 0 Å². The minimum Gasteiger partial charge on any atom is -0.497 e. The first-order chi connectivity index (χ1) is 24.9. The van der Waals surface area contributed by atoms with Crippen LogP contribution in [0.5, 0.6) is 11.5 Å². The minimum absolute atomic E-state index is 0.124. The SMILES string of the molecule is C#CN1/C(=C/C2=CC(=C/C=C/c3sc4cc(OC)ccc4[n+]3CCOc3ccc4ccccc4c3)/CC(C)(C)C2)Sc2c1ccc1ccccc21. The molecular formula is C45H39N2O2S2+. The zero-order valence-electron chi connectivity index (χ0n) is 29.1. The van der Waals surface area contributed by atoms with E-state index in [1.807, 2.05) is 11.0 Å². The van der Waals surface area contributed by atoms with E-state index in [0.29, 0.717) is 6.61 Å². The van der Waals surface area contributed by atoms with Crippen molar-refractivity contribution >= 4 is 66.6 Å². The predicted molar refractivity (Wildman–Crippen MR) is 215 cm³/mol. The maximum atomic E-state index is 6.27. The molecule has 0 saturated carbocycles. The van der Waals surface area contributed by atoms with E-state index in [0.717, 1.165) is 46.6 Å². The Labute approximate surface area is 308 Å². The lowest BCUT2D eigenvalue weighted by atomic mass is 9.75. The molecular weight excluding hydrogens is 665 g/mol. The second kappa shape index (κ2) is 13.8. The van der Waals surface area contributed by atoms with Crippen molar-refractivity contribution in [3.05, 3.63) is 143 Å². The molecule has 51 heavy (non-hydrogen) atoms. The highest BCUT2D eigenvalue weighted by Gasteiger charge is 2.29. The van der Waals surface area contributed by atoms with Gasteiger partial charge < -0.3 is 9.47 Å². The van der Waals surface area contributed by atoms with Crippen molar-refractivity contribution in [2.75, 3.05) is 18.6 Å². The van der Waals surface area contributed by atoms with Gasteiger partial charge in [-0.15, -0.1) is 0 Å². The third kappa shape index (κ3) is 6.80. The molecule has 0 N–H and O–H groups in total. The fourth-order valence-electron chi connectivity index (χ4n) is 7.21. The number of hydrogen-bond donors (Lipinski definition) is 0. The molecule has 6 heteroatoms. The number of methoxy groups -OCH3 is 1. The molecule has 0 amide bonds. The highest BCUT2D eigenvalue weighted by Crippen LogP contribution is 2.50. The number of anilines is 1. The zero-order valence-corrected chi connectivity index (χ0v) is 30.7. The maximum absolute atomic E-state index is 6.27. The average Bonchev–Trinajstić information content (AvgIpc) is 3.67. The van der Waals surface area contributed by atoms with E-state index in [1.165, 1.54) is 47.8 Å².